The number of carbonyl (C=O) groups is 2. The molecule has 7 heteroatoms. The van der Waals surface area contributed by atoms with Crippen LogP contribution in [-0.4, -0.2) is 25.0 Å². The van der Waals surface area contributed by atoms with E-state index in [1.807, 2.05) is 37.3 Å². The molecule has 2 aromatic carbocycles. The fourth-order valence-electron chi connectivity index (χ4n) is 2.21. The molecule has 0 radical (unpaired) electrons. The molecule has 0 fully saturated rings. The Morgan fingerprint density at radius 3 is 2.65 bits per heavy atom. The molecule has 0 aliphatic heterocycles. The first kappa shape index (κ1) is 19.3. The molecule has 0 heterocycles. The predicted octanol–water partition coefficient (Wildman–Crippen LogP) is 2.91. The van der Waals surface area contributed by atoms with E-state index in [2.05, 4.69) is 10.6 Å². The third-order valence-corrected chi connectivity index (χ3v) is 3.83. The van der Waals surface area contributed by atoms with E-state index in [9.17, 15) is 9.59 Å². The van der Waals surface area contributed by atoms with Crippen molar-refractivity contribution in [2.75, 3.05) is 18.5 Å². The minimum Gasteiger partial charge on any atom is -0.482 e. The molecule has 0 saturated carbocycles. The molecule has 0 atom stereocenters. The van der Waals surface area contributed by atoms with Crippen LogP contribution in [0.25, 0.3) is 0 Å². The van der Waals surface area contributed by atoms with Crippen molar-refractivity contribution in [3.63, 3.8) is 0 Å². The van der Waals surface area contributed by atoms with Crippen molar-refractivity contribution in [2.45, 2.75) is 13.3 Å². The van der Waals surface area contributed by atoms with Crippen LogP contribution in [0, 0.1) is 11.3 Å². The molecule has 2 rings (SSSR count). The summed E-state index contributed by atoms with van der Waals surface area (Å²) in [6.07, 6.45) is 0.794. The second kappa shape index (κ2) is 9.44. The molecular weight excluding hydrogens is 354 g/mol. The Hall–Kier alpha value is -3.04. The van der Waals surface area contributed by atoms with Crippen LogP contribution in [0.4, 0.5) is 5.69 Å². The van der Waals surface area contributed by atoms with Gasteiger partial charge in [0, 0.05) is 5.69 Å². The monoisotopic (exact) mass is 371 g/mol. The summed E-state index contributed by atoms with van der Waals surface area (Å²) in [5.74, 6) is -0.484. The third-order valence-electron chi connectivity index (χ3n) is 3.54. The number of amides is 2. The second-order valence-electron chi connectivity index (χ2n) is 5.38. The number of benzene rings is 2. The first-order chi connectivity index (χ1) is 12.5. The van der Waals surface area contributed by atoms with Crippen molar-refractivity contribution in [2.24, 2.45) is 0 Å². The van der Waals surface area contributed by atoms with Gasteiger partial charge < -0.3 is 15.4 Å². The first-order valence-corrected chi connectivity index (χ1v) is 8.38. The number of nitriles is 1. The number of rotatable bonds is 7. The van der Waals surface area contributed by atoms with Gasteiger partial charge in [-0.05, 0) is 36.2 Å². The zero-order valence-corrected chi connectivity index (χ0v) is 15.0. The van der Waals surface area contributed by atoms with E-state index in [0.717, 1.165) is 17.7 Å². The van der Waals surface area contributed by atoms with Crippen LogP contribution in [0.15, 0.2) is 42.5 Å². The lowest BCUT2D eigenvalue weighted by Gasteiger charge is -2.11. The highest BCUT2D eigenvalue weighted by molar-refractivity contribution is 6.32. The summed E-state index contributed by atoms with van der Waals surface area (Å²) in [4.78, 5) is 23.8. The number of ether oxygens (including phenoxy) is 1. The van der Waals surface area contributed by atoms with Gasteiger partial charge in [0.05, 0.1) is 23.2 Å². The average molecular weight is 372 g/mol. The molecule has 134 valence electrons. The molecule has 0 saturated heterocycles. The minimum atomic E-state index is -0.454. The Bertz CT molecular complexity index is 846. The van der Waals surface area contributed by atoms with Crippen LogP contribution in [0.1, 0.15) is 18.1 Å². The van der Waals surface area contributed by atoms with E-state index >= 15 is 0 Å². The number of nitrogens with one attached hydrogen (secondary N) is 2. The molecular formula is C19H18ClN3O3. The van der Waals surface area contributed by atoms with Gasteiger partial charge in [0.1, 0.15) is 5.75 Å². The van der Waals surface area contributed by atoms with Crippen LogP contribution in [0.5, 0.6) is 5.75 Å². The van der Waals surface area contributed by atoms with Crippen LogP contribution in [0.2, 0.25) is 5.02 Å². The normalized spacial score (nSPS) is 9.88. The predicted molar refractivity (Wildman–Crippen MR) is 99.1 cm³/mol. The van der Waals surface area contributed by atoms with Crippen LogP contribution in [0.3, 0.4) is 0 Å². The summed E-state index contributed by atoms with van der Waals surface area (Å²) in [5.41, 5.74) is 2.15. The van der Waals surface area contributed by atoms with Crippen molar-refractivity contribution >= 4 is 29.1 Å². The van der Waals surface area contributed by atoms with Gasteiger partial charge in [0.15, 0.2) is 6.61 Å². The Morgan fingerprint density at radius 2 is 1.96 bits per heavy atom. The quantitative estimate of drug-likeness (QED) is 0.782. The number of halogens is 1. The van der Waals surface area contributed by atoms with Crippen LogP contribution < -0.4 is 15.4 Å². The molecule has 0 unspecified atom stereocenters. The smallest absolute Gasteiger partial charge is 0.258 e. The lowest BCUT2D eigenvalue weighted by Crippen LogP contribution is -2.35. The molecule has 0 bridgehead atoms. The largest absolute Gasteiger partial charge is 0.482 e. The van der Waals surface area contributed by atoms with Gasteiger partial charge in [-0.25, -0.2) is 0 Å². The van der Waals surface area contributed by atoms with E-state index in [-0.39, 0.29) is 24.1 Å². The van der Waals surface area contributed by atoms with Gasteiger partial charge in [-0.3, -0.25) is 9.59 Å². The summed E-state index contributed by atoms with van der Waals surface area (Å²) >= 11 is 5.97. The van der Waals surface area contributed by atoms with Crippen molar-refractivity contribution in [1.82, 2.24) is 5.32 Å². The molecule has 0 spiro atoms. The van der Waals surface area contributed by atoms with E-state index in [1.54, 1.807) is 0 Å². The van der Waals surface area contributed by atoms with Gasteiger partial charge in [-0.1, -0.05) is 36.7 Å². The average Bonchev–Trinajstić information content (AvgIpc) is 2.65. The second-order valence-corrected chi connectivity index (χ2v) is 5.79. The maximum Gasteiger partial charge on any atom is 0.258 e. The summed E-state index contributed by atoms with van der Waals surface area (Å²) in [6, 6.07) is 14.0. The van der Waals surface area contributed by atoms with Crippen molar-refractivity contribution in [1.29, 1.82) is 5.26 Å². The first-order valence-electron chi connectivity index (χ1n) is 8.00. The zero-order valence-electron chi connectivity index (χ0n) is 14.2. The van der Waals surface area contributed by atoms with E-state index in [4.69, 9.17) is 21.6 Å². The highest BCUT2D eigenvalue weighted by Crippen LogP contribution is 2.25. The number of hydrogen-bond acceptors (Lipinski definition) is 4. The molecule has 2 aromatic rings. The zero-order chi connectivity index (χ0) is 18.9. The van der Waals surface area contributed by atoms with Crippen molar-refractivity contribution in [3.05, 3.63) is 58.6 Å². The van der Waals surface area contributed by atoms with Gasteiger partial charge in [0.2, 0.25) is 5.91 Å². The lowest BCUT2D eigenvalue weighted by molar-refractivity contribution is -0.125. The summed E-state index contributed by atoms with van der Waals surface area (Å²) in [7, 11) is 0. The summed E-state index contributed by atoms with van der Waals surface area (Å²) in [6.45, 7) is 1.55. The standard InChI is InChI=1S/C19H18ClN3O3/c1-2-14-5-3-4-6-16(14)23-18(24)11-22-19(25)12-26-17-8-7-13(10-21)9-15(17)20/h3-9H,2,11-12H2,1H3,(H,22,25)(H,23,24). The molecule has 2 N–H and O–H groups in total. The molecule has 0 aliphatic rings. The maximum atomic E-state index is 12.0. The van der Waals surface area contributed by atoms with Gasteiger partial charge >= 0.3 is 0 Å². The van der Waals surface area contributed by atoms with Gasteiger partial charge in [-0.15, -0.1) is 0 Å². The number of nitrogens with zero attached hydrogens (tertiary/aromatic N) is 1. The Morgan fingerprint density at radius 1 is 1.19 bits per heavy atom. The molecule has 0 aromatic heterocycles. The highest BCUT2D eigenvalue weighted by Gasteiger charge is 2.10. The number of hydrogen-bond donors (Lipinski definition) is 2. The topological polar surface area (TPSA) is 91.2 Å². The van der Waals surface area contributed by atoms with E-state index in [1.165, 1.54) is 18.2 Å². The summed E-state index contributed by atoms with van der Waals surface area (Å²) < 4.78 is 5.30. The summed E-state index contributed by atoms with van der Waals surface area (Å²) in [5, 5.41) is 14.3. The lowest BCUT2D eigenvalue weighted by atomic mass is 10.1. The Labute approximate surface area is 156 Å². The molecule has 26 heavy (non-hydrogen) atoms. The van der Waals surface area contributed by atoms with E-state index in [0.29, 0.717) is 11.3 Å². The van der Waals surface area contributed by atoms with Crippen molar-refractivity contribution in [3.8, 4) is 11.8 Å². The van der Waals surface area contributed by atoms with Crippen LogP contribution in [-0.2, 0) is 16.0 Å². The molecule has 2 amide bonds. The highest BCUT2D eigenvalue weighted by atomic mass is 35.5. The fourth-order valence-corrected chi connectivity index (χ4v) is 2.44. The maximum absolute atomic E-state index is 12.0. The Kier molecular flexibility index (Phi) is 7.01. The van der Waals surface area contributed by atoms with Crippen molar-refractivity contribution < 1.29 is 14.3 Å². The molecule has 0 aliphatic carbocycles. The van der Waals surface area contributed by atoms with Crippen LogP contribution >= 0.6 is 11.6 Å². The number of para-hydroxylation sites is 1. The third kappa shape index (κ3) is 5.50. The number of aryl methyl sites for hydroxylation is 1. The SMILES string of the molecule is CCc1ccccc1NC(=O)CNC(=O)COc1ccc(C#N)cc1Cl. The number of carbonyl (C=O) groups excluding carboxylic acids is 2. The Balaban J connectivity index is 1.80. The van der Waals surface area contributed by atoms with Gasteiger partial charge in [0.25, 0.3) is 5.91 Å². The molecule has 6 nitrogen and oxygen atoms in total. The fraction of sp³-hybridized carbons (Fsp3) is 0.211. The number of anilines is 1. The minimum absolute atomic E-state index is 0.165. The van der Waals surface area contributed by atoms with Gasteiger partial charge in [-0.2, -0.15) is 5.26 Å². The van der Waals surface area contributed by atoms with E-state index < -0.39 is 5.91 Å².